The molecule has 138 valence electrons. The predicted octanol–water partition coefficient (Wildman–Crippen LogP) is 4.72. The van der Waals surface area contributed by atoms with Gasteiger partial charge in [-0.1, -0.05) is 42.5 Å². The molecule has 1 aromatic carbocycles. The highest BCUT2D eigenvalue weighted by Gasteiger charge is 2.35. The fourth-order valence-corrected chi connectivity index (χ4v) is 4.05. The van der Waals surface area contributed by atoms with Crippen LogP contribution in [0.25, 0.3) is 0 Å². The van der Waals surface area contributed by atoms with Gasteiger partial charge in [-0.25, -0.2) is 4.39 Å². The first kappa shape index (κ1) is 18.9. The van der Waals surface area contributed by atoms with Crippen molar-refractivity contribution in [3.05, 3.63) is 33.8 Å². The van der Waals surface area contributed by atoms with Crippen LogP contribution in [0.3, 0.4) is 0 Å². The molecule has 1 saturated heterocycles. The van der Waals surface area contributed by atoms with Gasteiger partial charge < -0.3 is 10.2 Å². The van der Waals surface area contributed by atoms with E-state index in [0.717, 1.165) is 25.6 Å². The highest BCUT2D eigenvalue weighted by atomic mass is 35.5. The van der Waals surface area contributed by atoms with E-state index in [1.54, 1.807) is 6.07 Å². The summed E-state index contributed by atoms with van der Waals surface area (Å²) >= 11 is 11.8. The van der Waals surface area contributed by atoms with Crippen molar-refractivity contribution >= 4 is 29.1 Å². The lowest BCUT2D eigenvalue weighted by molar-refractivity contribution is 0.0508. The third-order valence-corrected chi connectivity index (χ3v) is 5.96. The van der Waals surface area contributed by atoms with Crippen molar-refractivity contribution in [1.82, 2.24) is 10.2 Å². The summed E-state index contributed by atoms with van der Waals surface area (Å²) in [5, 5.41) is 3.49. The number of likely N-dealkylation sites (tertiary alicyclic amines) is 1. The van der Waals surface area contributed by atoms with Crippen molar-refractivity contribution in [2.75, 3.05) is 26.2 Å². The minimum Gasteiger partial charge on any atom is -0.349 e. The van der Waals surface area contributed by atoms with Gasteiger partial charge in [-0.2, -0.15) is 0 Å². The summed E-state index contributed by atoms with van der Waals surface area (Å²) in [6.07, 6.45) is 6.27. The van der Waals surface area contributed by atoms with Crippen molar-refractivity contribution in [3.63, 3.8) is 0 Å². The van der Waals surface area contributed by atoms with Gasteiger partial charge in [0.2, 0.25) is 0 Å². The first-order valence-electron chi connectivity index (χ1n) is 9.09. The molecule has 2 fully saturated rings. The monoisotopic (exact) mass is 386 g/mol. The summed E-state index contributed by atoms with van der Waals surface area (Å²) in [5.74, 6) is 0.551. The van der Waals surface area contributed by atoms with Crippen LogP contribution in [0.4, 0.5) is 4.39 Å². The minimum absolute atomic E-state index is 0.0342. The van der Waals surface area contributed by atoms with E-state index in [2.05, 4.69) is 10.2 Å². The maximum atomic E-state index is 15.0. The highest BCUT2D eigenvalue weighted by molar-refractivity contribution is 6.35. The molecule has 1 N–H and O–H groups in total. The Balaban J connectivity index is 1.43. The topological polar surface area (TPSA) is 32.3 Å². The zero-order chi connectivity index (χ0) is 17.9. The van der Waals surface area contributed by atoms with Crippen LogP contribution in [0.2, 0.25) is 10.0 Å². The molecule has 1 heterocycles. The van der Waals surface area contributed by atoms with Crippen LogP contribution in [0.15, 0.2) is 18.2 Å². The molecular weight excluding hydrogens is 362 g/mol. The Morgan fingerprint density at radius 1 is 1.20 bits per heavy atom. The number of alkyl halides is 1. The van der Waals surface area contributed by atoms with Gasteiger partial charge in [-0.3, -0.25) is 4.79 Å². The molecule has 0 radical (unpaired) electrons. The Morgan fingerprint density at radius 3 is 2.40 bits per heavy atom. The van der Waals surface area contributed by atoms with Gasteiger partial charge in [-0.15, -0.1) is 0 Å². The van der Waals surface area contributed by atoms with Crippen molar-refractivity contribution in [2.24, 2.45) is 5.92 Å². The normalized spacial score (nSPS) is 20.9. The summed E-state index contributed by atoms with van der Waals surface area (Å²) in [6, 6.07) is 4.64. The lowest BCUT2D eigenvalue weighted by Crippen LogP contribution is -2.48. The first-order valence-corrected chi connectivity index (χ1v) is 9.85. The van der Waals surface area contributed by atoms with Gasteiger partial charge >= 0.3 is 0 Å². The Kier molecular flexibility index (Phi) is 6.24. The number of piperidine rings is 1. The maximum absolute atomic E-state index is 15.0. The zero-order valence-corrected chi connectivity index (χ0v) is 15.9. The van der Waals surface area contributed by atoms with Crippen LogP contribution in [0, 0.1) is 5.92 Å². The number of benzene rings is 1. The standard InChI is InChI=1S/C19H25Cl2FN2O/c20-16-10-15(11-17(21)12-16)18(25)23-13-19(22)5-8-24(9-6-19)7-4-14-2-1-3-14/h10-12,14H,1-9,13H2,(H,23,25). The fourth-order valence-electron chi connectivity index (χ4n) is 3.53. The van der Waals surface area contributed by atoms with E-state index in [1.165, 1.54) is 37.8 Å². The number of nitrogens with one attached hydrogen (secondary N) is 1. The van der Waals surface area contributed by atoms with Crippen molar-refractivity contribution in [3.8, 4) is 0 Å². The van der Waals surface area contributed by atoms with Crippen LogP contribution in [0.1, 0.15) is 48.9 Å². The second kappa shape index (κ2) is 8.24. The molecule has 2 aliphatic rings. The van der Waals surface area contributed by atoms with Gasteiger partial charge in [0.15, 0.2) is 0 Å². The number of carbonyl (C=O) groups is 1. The molecule has 3 rings (SSSR count). The molecule has 0 bridgehead atoms. The summed E-state index contributed by atoms with van der Waals surface area (Å²) in [5.41, 5.74) is -0.968. The lowest BCUT2D eigenvalue weighted by atomic mass is 9.82. The Morgan fingerprint density at radius 2 is 1.84 bits per heavy atom. The number of rotatable bonds is 6. The molecule has 25 heavy (non-hydrogen) atoms. The van der Waals surface area contributed by atoms with Crippen molar-refractivity contribution < 1.29 is 9.18 Å². The van der Waals surface area contributed by atoms with E-state index in [4.69, 9.17) is 23.2 Å². The summed E-state index contributed by atoms with van der Waals surface area (Å²) < 4.78 is 15.0. The third kappa shape index (κ3) is 5.32. The average Bonchev–Trinajstić information content (AvgIpc) is 2.52. The Bertz CT molecular complexity index is 593. The van der Waals surface area contributed by atoms with E-state index in [0.29, 0.717) is 28.5 Å². The first-order chi connectivity index (χ1) is 11.9. The molecule has 1 saturated carbocycles. The predicted molar refractivity (Wildman–Crippen MR) is 100 cm³/mol. The number of halogens is 3. The summed E-state index contributed by atoms with van der Waals surface area (Å²) in [6.45, 7) is 2.64. The van der Waals surface area contributed by atoms with Crippen molar-refractivity contribution in [1.29, 1.82) is 0 Å². The van der Waals surface area contributed by atoms with Crippen LogP contribution in [0.5, 0.6) is 0 Å². The van der Waals surface area contributed by atoms with Gasteiger partial charge in [-0.05, 0) is 49.9 Å². The molecule has 1 amide bonds. The number of hydrogen-bond acceptors (Lipinski definition) is 2. The highest BCUT2D eigenvalue weighted by Crippen LogP contribution is 2.31. The zero-order valence-electron chi connectivity index (χ0n) is 14.4. The van der Waals surface area contributed by atoms with Gasteiger partial charge in [0, 0.05) is 28.7 Å². The van der Waals surface area contributed by atoms with Gasteiger partial charge in [0.25, 0.3) is 5.91 Å². The van der Waals surface area contributed by atoms with E-state index >= 15 is 0 Å². The molecule has 0 spiro atoms. The molecule has 0 atom stereocenters. The molecule has 3 nitrogen and oxygen atoms in total. The quantitative estimate of drug-likeness (QED) is 0.766. The smallest absolute Gasteiger partial charge is 0.251 e. The summed E-state index contributed by atoms with van der Waals surface area (Å²) in [7, 11) is 0. The maximum Gasteiger partial charge on any atom is 0.251 e. The minimum atomic E-state index is -1.33. The molecule has 1 aliphatic carbocycles. The second-order valence-electron chi connectivity index (χ2n) is 7.42. The van der Waals surface area contributed by atoms with Crippen molar-refractivity contribution in [2.45, 2.75) is 44.2 Å². The van der Waals surface area contributed by atoms with E-state index in [9.17, 15) is 9.18 Å². The number of amides is 1. The van der Waals surface area contributed by atoms with E-state index in [1.807, 2.05) is 0 Å². The Labute approximate surface area is 158 Å². The molecule has 1 aromatic rings. The molecule has 6 heteroatoms. The van der Waals surface area contributed by atoms with Crippen LogP contribution in [-0.2, 0) is 0 Å². The van der Waals surface area contributed by atoms with Crippen LogP contribution in [-0.4, -0.2) is 42.7 Å². The van der Waals surface area contributed by atoms with Crippen LogP contribution >= 0.6 is 23.2 Å². The molecule has 0 aromatic heterocycles. The number of nitrogens with zero attached hydrogens (tertiary/aromatic N) is 1. The lowest BCUT2D eigenvalue weighted by Gasteiger charge is -2.37. The van der Waals surface area contributed by atoms with Gasteiger partial charge in [0.1, 0.15) is 5.67 Å². The number of hydrogen-bond donors (Lipinski definition) is 1. The third-order valence-electron chi connectivity index (χ3n) is 5.52. The molecule has 0 unspecified atom stereocenters. The average molecular weight is 387 g/mol. The fraction of sp³-hybridized carbons (Fsp3) is 0.632. The molecule has 1 aliphatic heterocycles. The van der Waals surface area contributed by atoms with Gasteiger partial charge in [0.05, 0.1) is 6.54 Å². The van der Waals surface area contributed by atoms with E-state index < -0.39 is 5.67 Å². The Hall–Kier alpha value is -0.840. The SMILES string of the molecule is O=C(NCC1(F)CCN(CCC2CCC2)CC1)c1cc(Cl)cc(Cl)c1. The summed E-state index contributed by atoms with van der Waals surface area (Å²) in [4.78, 5) is 14.6. The number of carbonyl (C=O) groups excluding carboxylic acids is 1. The molecular formula is C19H25Cl2FN2O. The largest absolute Gasteiger partial charge is 0.349 e. The van der Waals surface area contributed by atoms with Crippen LogP contribution < -0.4 is 5.32 Å². The second-order valence-corrected chi connectivity index (χ2v) is 8.29. The van der Waals surface area contributed by atoms with E-state index in [-0.39, 0.29) is 12.5 Å².